The zero-order valence-corrected chi connectivity index (χ0v) is 12.3. The number of anilines is 1. The van der Waals surface area contributed by atoms with Gasteiger partial charge in [0.15, 0.2) is 5.13 Å². The minimum Gasteiger partial charge on any atom is -0.392 e. The molecule has 2 rings (SSSR count). The second-order valence-electron chi connectivity index (χ2n) is 4.56. The molecule has 20 heavy (non-hydrogen) atoms. The van der Waals surface area contributed by atoms with E-state index in [2.05, 4.69) is 10.3 Å². The monoisotopic (exact) mass is 291 g/mol. The fraction of sp³-hybridized carbons (Fsp3) is 0.286. The van der Waals surface area contributed by atoms with Gasteiger partial charge >= 0.3 is 0 Å². The first-order valence-corrected chi connectivity index (χ1v) is 7.08. The predicted octanol–water partition coefficient (Wildman–Crippen LogP) is 1.63. The molecule has 0 aliphatic carbocycles. The minimum absolute atomic E-state index is 0.0700. The van der Waals surface area contributed by atoms with E-state index in [9.17, 15) is 4.79 Å². The van der Waals surface area contributed by atoms with Gasteiger partial charge in [0.05, 0.1) is 18.8 Å². The molecular formula is C14H17N3O2S. The molecule has 1 heterocycles. The number of benzene rings is 1. The molecule has 2 N–H and O–H groups in total. The number of amides is 1. The van der Waals surface area contributed by atoms with Crippen LogP contribution in [0, 0.1) is 0 Å². The summed E-state index contributed by atoms with van der Waals surface area (Å²) in [6, 6.07) is 6.94. The second kappa shape index (κ2) is 6.49. The fourth-order valence-corrected chi connectivity index (χ4v) is 2.42. The molecule has 0 aliphatic rings. The summed E-state index contributed by atoms with van der Waals surface area (Å²) in [5.74, 6) is -0.167. The third kappa shape index (κ3) is 3.55. The SMILES string of the molecule is CN(C)c1nc(CNC(=O)c2cccc(CO)c2)cs1. The van der Waals surface area contributed by atoms with Crippen molar-refractivity contribution in [2.24, 2.45) is 0 Å². The van der Waals surface area contributed by atoms with Crippen LogP contribution in [0.15, 0.2) is 29.6 Å². The molecule has 0 saturated carbocycles. The second-order valence-corrected chi connectivity index (χ2v) is 5.39. The highest BCUT2D eigenvalue weighted by molar-refractivity contribution is 7.13. The van der Waals surface area contributed by atoms with E-state index in [-0.39, 0.29) is 12.5 Å². The maximum Gasteiger partial charge on any atom is 0.251 e. The molecule has 0 unspecified atom stereocenters. The Morgan fingerprint density at radius 3 is 2.90 bits per heavy atom. The minimum atomic E-state index is -0.167. The summed E-state index contributed by atoms with van der Waals surface area (Å²) in [5.41, 5.74) is 2.10. The van der Waals surface area contributed by atoms with Crippen molar-refractivity contribution in [3.05, 3.63) is 46.5 Å². The lowest BCUT2D eigenvalue weighted by Crippen LogP contribution is -2.23. The van der Waals surface area contributed by atoms with Gasteiger partial charge in [-0.15, -0.1) is 11.3 Å². The molecule has 106 valence electrons. The topological polar surface area (TPSA) is 65.5 Å². The van der Waals surface area contributed by atoms with Gasteiger partial charge in [0, 0.05) is 25.0 Å². The number of rotatable bonds is 5. The molecule has 6 heteroatoms. The van der Waals surface area contributed by atoms with E-state index in [4.69, 9.17) is 5.11 Å². The summed E-state index contributed by atoms with van der Waals surface area (Å²) in [6.45, 7) is 0.325. The van der Waals surface area contributed by atoms with E-state index in [1.54, 1.807) is 35.6 Å². The quantitative estimate of drug-likeness (QED) is 0.879. The fourth-order valence-electron chi connectivity index (χ4n) is 1.67. The molecule has 1 aromatic heterocycles. The van der Waals surface area contributed by atoms with Crippen molar-refractivity contribution in [1.29, 1.82) is 0 Å². The van der Waals surface area contributed by atoms with Crippen molar-refractivity contribution >= 4 is 22.4 Å². The van der Waals surface area contributed by atoms with Crippen molar-refractivity contribution in [2.45, 2.75) is 13.2 Å². The van der Waals surface area contributed by atoms with Crippen LogP contribution in [0.4, 0.5) is 5.13 Å². The van der Waals surface area contributed by atoms with Crippen LogP contribution in [0.2, 0.25) is 0 Å². The normalized spacial score (nSPS) is 10.3. The van der Waals surface area contributed by atoms with Crippen LogP contribution in [0.1, 0.15) is 21.6 Å². The Morgan fingerprint density at radius 1 is 1.45 bits per heavy atom. The number of aromatic nitrogens is 1. The van der Waals surface area contributed by atoms with Crippen LogP contribution in [0.5, 0.6) is 0 Å². The molecule has 2 aromatic rings. The third-order valence-corrected chi connectivity index (χ3v) is 3.78. The summed E-state index contributed by atoms with van der Waals surface area (Å²) < 4.78 is 0. The van der Waals surface area contributed by atoms with Gasteiger partial charge in [-0.2, -0.15) is 0 Å². The van der Waals surface area contributed by atoms with Gasteiger partial charge in [0.1, 0.15) is 0 Å². The molecule has 0 radical (unpaired) electrons. The Bertz CT molecular complexity index is 596. The molecule has 1 amide bonds. The highest BCUT2D eigenvalue weighted by Gasteiger charge is 2.08. The molecule has 0 atom stereocenters. The maximum absolute atomic E-state index is 12.0. The van der Waals surface area contributed by atoms with Crippen LogP contribution < -0.4 is 10.2 Å². The third-order valence-electron chi connectivity index (χ3n) is 2.72. The Kier molecular flexibility index (Phi) is 4.70. The Labute approximate surface area is 121 Å². The smallest absolute Gasteiger partial charge is 0.251 e. The van der Waals surface area contributed by atoms with E-state index >= 15 is 0 Å². The summed E-state index contributed by atoms with van der Waals surface area (Å²) >= 11 is 1.54. The van der Waals surface area contributed by atoms with Gasteiger partial charge in [0.2, 0.25) is 0 Å². The van der Waals surface area contributed by atoms with Crippen LogP contribution >= 0.6 is 11.3 Å². The van der Waals surface area contributed by atoms with Gasteiger partial charge in [-0.05, 0) is 17.7 Å². The van der Waals surface area contributed by atoms with Gasteiger partial charge < -0.3 is 15.3 Å². The number of nitrogens with zero attached hydrogens (tertiary/aromatic N) is 2. The molecule has 0 bridgehead atoms. The first-order valence-electron chi connectivity index (χ1n) is 6.20. The number of nitrogens with one attached hydrogen (secondary N) is 1. The number of hydrogen-bond acceptors (Lipinski definition) is 5. The van der Waals surface area contributed by atoms with E-state index in [1.807, 2.05) is 24.4 Å². The molecule has 0 aliphatic heterocycles. The predicted molar refractivity (Wildman–Crippen MR) is 80.0 cm³/mol. The lowest BCUT2D eigenvalue weighted by Gasteiger charge is -2.06. The highest BCUT2D eigenvalue weighted by atomic mass is 32.1. The standard InChI is InChI=1S/C14H17N3O2S/c1-17(2)14-16-12(9-20-14)7-15-13(19)11-5-3-4-10(6-11)8-18/h3-6,9,18H,7-8H2,1-2H3,(H,15,19). The number of carbonyl (C=O) groups is 1. The lowest BCUT2D eigenvalue weighted by atomic mass is 10.1. The summed E-state index contributed by atoms with van der Waals surface area (Å²) in [6.07, 6.45) is 0. The molecule has 5 nitrogen and oxygen atoms in total. The van der Waals surface area contributed by atoms with Crippen molar-refractivity contribution < 1.29 is 9.90 Å². The number of hydrogen-bond donors (Lipinski definition) is 2. The van der Waals surface area contributed by atoms with Crippen molar-refractivity contribution in [1.82, 2.24) is 10.3 Å². The number of aliphatic hydroxyl groups is 1. The van der Waals surface area contributed by atoms with Crippen molar-refractivity contribution in [3.63, 3.8) is 0 Å². The summed E-state index contributed by atoms with van der Waals surface area (Å²) in [5, 5.41) is 14.7. The first kappa shape index (κ1) is 14.5. The van der Waals surface area contributed by atoms with Crippen LogP contribution in [0.3, 0.4) is 0 Å². The van der Waals surface area contributed by atoms with Crippen LogP contribution in [0.25, 0.3) is 0 Å². The zero-order chi connectivity index (χ0) is 14.5. The van der Waals surface area contributed by atoms with Crippen molar-refractivity contribution in [2.75, 3.05) is 19.0 Å². The lowest BCUT2D eigenvalue weighted by molar-refractivity contribution is 0.0950. The molecule has 1 aromatic carbocycles. The molecule has 0 saturated heterocycles. The Hall–Kier alpha value is -1.92. The average Bonchev–Trinajstić information content (AvgIpc) is 2.94. The molecular weight excluding hydrogens is 274 g/mol. The number of thiazole rings is 1. The highest BCUT2D eigenvalue weighted by Crippen LogP contribution is 2.17. The van der Waals surface area contributed by atoms with E-state index in [1.165, 1.54) is 0 Å². The largest absolute Gasteiger partial charge is 0.392 e. The maximum atomic E-state index is 12.0. The van der Waals surface area contributed by atoms with E-state index in [0.29, 0.717) is 12.1 Å². The van der Waals surface area contributed by atoms with Gasteiger partial charge in [-0.3, -0.25) is 4.79 Å². The zero-order valence-electron chi connectivity index (χ0n) is 11.5. The van der Waals surface area contributed by atoms with Crippen LogP contribution in [-0.4, -0.2) is 30.1 Å². The van der Waals surface area contributed by atoms with Gasteiger partial charge in [-0.1, -0.05) is 12.1 Å². The molecule has 0 spiro atoms. The van der Waals surface area contributed by atoms with E-state index < -0.39 is 0 Å². The number of aliphatic hydroxyl groups excluding tert-OH is 1. The summed E-state index contributed by atoms with van der Waals surface area (Å²) in [7, 11) is 3.86. The van der Waals surface area contributed by atoms with Gasteiger partial charge in [-0.25, -0.2) is 4.98 Å². The van der Waals surface area contributed by atoms with Crippen molar-refractivity contribution in [3.8, 4) is 0 Å². The first-order chi connectivity index (χ1) is 9.60. The number of carbonyl (C=O) groups excluding carboxylic acids is 1. The van der Waals surface area contributed by atoms with Gasteiger partial charge in [0.25, 0.3) is 5.91 Å². The van der Waals surface area contributed by atoms with E-state index in [0.717, 1.165) is 16.4 Å². The Morgan fingerprint density at radius 2 is 2.25 bits per heavy atom. The molecule has 0 fully saturated rings. The Balaban J connectivity index is 1.97. The van der Waals surface area contributed by atoms with Crippen LogP contribution in [-0.2, 0) is 13.2 Å². The summed E-state index contributed by atoms with van der Waals surface area (Å²) in [4.78, 5) is 18.3. The average molecular weight is 291 g/mol.